The number of ether oxygens (including phenoxy) is 4. The van der Waals surface area contributed by atoms with Gasteiger partial charge in [-0.15, -0.1) is 10.2 Å². The molecule has 9 heteroatoms. The van der Waals surface area contributed by atoms with Crippen LogP contribution in [0.1, 0.15) is 5.56 Å². The van der Waals surface area contributed by atoms with Crippen LogP contribution >= 0.6 is 0 Å². The maximum Gasteiger partial charge on any atom is 0.233 e. The van der Waals surface area contributed by atoms with Crippen molar-refractivity contribution >= 4 is 11.7 Å². The third kappa shape index (κ3) is 5.50. The molecule has 1 aliphatic heterocycles. The quantitative estimate of drug-likeness (QED) is 0.567. The SMILES string of the molecule is COCCOc1ccc(N2CCN(C(=O)Cc3ccc(OC)c(OC)c3)CC2)nn1. The van der Waals surface area contributed by atoms with E-state index in [-0.39, 0.29) is 5.91 Å². The highest BCUT2D eigenvalue weighted by Crippen LogP contribution is 2.28. The lowest BCUT2D eigenvalue weighted by atomic mass is 10.1. The lowest BCUT2D eigenvalue weighted by molar-refractivity contribution is -0.130. The highest BCUT2D eigenvalue weighted by Gasteiger charge is 2.22. The second-order valence-corrected chi connectivity index (χ2v) is 6.80. The van der Waals surface area contributed by atoms with Gasteiger partial charge in [0.2, 0.25) is 11.8 Å². The molecule has 1 fully saturated rings. The van der Waals surface area contributed by atoms with Crippen LogP contribution in [0.15, 0.2) is 30.3 Å². The number of amides is 1. The molecule has 0 spiro atoms. The predicted octanol–water partition coefficient (Wildman–Crippen LogP) is 1.41. The molecule has 0 N–H and O–H groups in total. The Kier molecular flexibility index (Phi) is 7.67. The first kappa shape index (κ1) is 21.6. The van der Waals surface area contributed by atoms with Gasteiger partial charge in [0.15, 0.2) is 17.3 Å². The van der Waals surface area contributed by atoms with Crippen LogP contribution in [-0.2, 0) is 16.0 Å². The van der Waals surface area contributed by atoms with Gasteiger partial charge in [0.05, 0.1) is 27.2 Å². The summed E-state index contributed by atoms with van der Waals surface area (Å²) in [6.45, 7) is 3.63. The largest absolute Gasteiger partial charge is 0.493 e. The van der Waals surface area contributed by atoms with Crippen molar-refractivity contribution in [2.45, 2.75) is 6.42 Å². The molecule has 9 nitrogen and oxygen atoms in total. The number of hydrogen-bond acceptors (Lipinski definition) is 8. The fourth-order valence-corrected chi connectivity index (χ4v) is 3.25. The molecule has 0 saturated carbocycles. The van der Waals surface area contributed by atoms with Crippen molar-refractivity contribution in [3.8, 4) is 17.4 Å². The van der Waals surface area contributed by atoms with E-state index in [0.29, 0.717) is 63.2 Å². The Bertz CT molecular complexity index is 823. The number of methoxy groups -OCH3 is 3. The maximum absolute atomic E-state index is 12.7. The minimum absolute atomic E-state index is 0.0924. The van der Waals surface area contributed by atoms with Gasteiger partial charge in [0.25, 0.3) is 0 Å². The van der Waals surface area contributed by atoms with E-state index in [2.05, 4.69) is 15.1 Å². The summed E-state index contributed by atoms with van der Waals surface area (Å²) in [7, 11) is 4.80. The van der Waals surface area contributed by atoms with E-state index in [9.17, 15) is 4.79 Å². The number of carbonyl (C=O) groups excluding carboxylic acids is 1. The Morgan fingerprint density at radius 2 is 1.70 bits per heavy atom. The Balaban J connectivity index is 1.50. The average molecular weight is 416 g/mol. The summed E-state index contributed by atoms with van der Waals surface area (Å²) < 4.78 is 20.9. The minimum atomic E-state index is 0.0924. The second kappa shape index (κ2) is 10.6. The molecule has 1 amide bonds. The van der Waals surface area contributed by atoms with Crippen LogP contribution in [-0.4, -0.2) is 81.7 Å². The van der Waals surface area contributed by atoms with Crippen LogP contribution in [0, 0.1) is 0 Å². The molecule has 2 heterocycles. The lowest BCUT2D eigenvalue weighted by Gasteiger charge is -2.35. The summed E-state index contributed by atoms with van der Waals surface area (Å²) in [6.07, 6.45) is 0.327. The van der Waals surface area contributed by atoms with E-state index >= 15 is 0 Å². The fraction of sp³-hybridized carbons (Fsp3) is 0.476. The number of benzene rings is 1. The zero-order chi connectivity index (χ0) is 21.3. The summed E-state index contributed by atoms with van der Waals surface area (Å²) in [5.74, 6) is 2.62. The smallest absolute Gasteiger partial charge is 0.233 e. The normalized spacial score (nSPS) is 13.8. The molecule has 162 valence electrons. The van der Waals surface area contributed by atoms with Crippen LogP contribution in [0.25, 0.3) is 0 Å². The maximum atomic E-state index is 12.7. The van der Waals surface area contributed by atoms with Crippen molar-refractivity contribution in [2.75, 3.05) is 65.6 Å². The Hall–Kier alpha value is -3.07. The topological polar surface area (TPSA) is 86.3 Å². The molecule has 1 aromatic carbocycles. The van der Waals surface area contributed by atoms with E-state index in [1.54, 1.807) is 27.4 Å². The summed E-state index contributed by atoms with van der Waals surface area (Å²) >= 11 is 0. The molecule has 0 aliphatic carbocycles. The summed E-state index contributed by atoms with van der Waals surface area (Å²) in [5, 5.41) is 8.33. The predicted molar refractivity (Wildman–Crippen MR) is 111 cm³/mol. The molecular formula is C21H28N4O5. The molecule has 30 heavy (non-hydrogen) atoms. The standard InChI is InChI=1S/C21H28N4O5/c1-27-12-13-30-20-7-6-19(22-23-20)24-8-10-25(11-9-24)21(26)15-16-4-5-17(28-2)18(14-16)29-3/h4-7,14H,8-13,15H2,1-3H3. The monoisotopic (exact) mass is 416 g/mol. The van der Waals surface area contributed by atoms with Crippen molar-refractivity contribution in [3.05, 3.63) is 35.9 Å². The summed E-state index contributed by atoms with van der Waals surface area (Å²) in [4.78, 5) is 16.7. The number of aromatic nitrogens is 2. The van der Waals surface area contributed by atoms with Crippen LogP contribution < -0.4 is 19.1 Å². The third-order valence-electron chi connectivity index (χ3n) is 4.92. The first-order valence-corrected chi connectivity index (χ1v) is 9.83. The number of hydrogen-bond donors (Lipinski definition) is 0. The van der Waals surface area contributed by atoms with E-state index in [4.69, 9.17) is 18.9 Å². The van der Waals surface area contributed by atoms with Gasteiger partial charge < -0.3 is 28.7 Å². The molecule has 0 radical (unpaired) electrons. The Morgan fingerprint density at radius 1 is 0.933 bits per heavy atom. The summed E-state index contributed by atoms with van der Waals surface area (Å²) in [5.41, 5.74) is 0.898. The molecule has 3 rings (SSSR count). The lowest BCUT2D eigenvalue weighted by Crippen LogP contribution is -2.49. The zero-order valence-electron chi connectivity index (χ0n) is 17.7. The van der Waals surface area contributed by atoms with Crippen LogP contribution in [0.3, 0.4) is 0 Å². The first-order chi connectivity index (χ1) is 14.6. The van der Waals surface area contributed by atoms with E-state index in [1.165, 1.54) is 0 Å². The van der Waals surface area contributed by atoms with Crippen molar-refractivity contribution < 1.29 is 23.7 Å². The van der Waals surface area contributed by atoms with Crippen LogP contribution in [0.5, 0.6) is 17.4 Å². The number of carbonyl (C=O) groups is 1. The van der Waals surface area contributed by atoms with Gasteiger partial charge in [-0.2, -0.15) is 0 Å². The van der Waals surface area contributed by atoms with E-state index in [0.717, 1.165) is 11.4 Å². The van der Waals surface area contributed by atoms with Crippen molar-refractivity contribution in [1.29, 1.82) is 0 Å². The molecular weight excluding hydrogens is 388 g/mol. The van der Waals surface area contributed by atoms with Gasteiger partial charge in [-0.25, -0.2) is 0 Å². The third-order valence-corrected chi connectivity index (χ3v) is 4.92. The van der Waals surface area contributed by atoms with Crippen molar-refractivity contribution in [3.63, 3.8) is 0 Å². The van der Waals surface area contributed by atoms with Gasteiger partial charge in [0, 0.05) is 39.4 Å². The van der Waals surface area contributed by atoms with Crippen molar-refractivity contribution in [1.82, 2.24) is 15.1 Å². The molecule has 0 atom stereocenters. The highest BCUT2D eigenvalue weighted by atomic mass is 16.5. The number of anilines is 1. The van der Waals surface area contributed by atoms with Gasteiger partial charge in [0.1, 0.15) is 6.61 Å². The minimum Gasteiger partial charge on any atom is -0.493 e. The van der Waals surface area contributed by atoms with Crippen molar-refractivity contribution in [2.24, 2.45) is 0 Å². The summed E-state index contributed by atoms with van der Waals surface area (Å²) in [6, 6.07) is 9.24. The number of nitrogens with zero attached hydrogens (tertiary/aromatic N) is 4. The molecule has 0 unspecified atom stereocenters. The number of piperazine rings is 1. The number of rotatable bonds is 9. The van der Waals surface area contributed by atoms with Gasteiger partial charge in [-0.05, 0) is 23.8 Å². The highest BCUT2D eigenvalue weighted by molar-refractivity contribution is 5.79. The van der Waals surface area contributed by atoms with Gasteiger partial charge >= 0.3 is 0 Å². The molecule has 1 saturated heterocycles. The second-order valence-electron chi connectivity index (χ2n) is 6.80. The molecule has 1 aliphatic rings. The van der Waals surface area contributed by atoms with Crippen LogP contribution in [0.4, 0.5) is 5.82 Å². The van der Waals surface area contributed by atoms with E-state index < -0.39 is 0 Å². The van der Waals surface area contributed by atoms with Crippen LogP contribution in [0.2, 0.25) is 0 Å². The van der Waals surface area contributed by atoms with Gasteiger partial charge in [-0.1, -0.05) is 6.07 Å². The zero-order valence-corrected chi connectivity index (χ0v) is 17.7. The molecule has 2 aromatic rings. The fourth-order valence-electron chi connectivity index (χ4n) is 3.25. The molecule has 1 aromatic heterocycles. The average Bonchev–Trinajstić information content (AvgIpc) is 2.79. The Morgan fingerprint density at radius 3 is 2.33 bits per heavy atom. The molecule has 0 bridgehead atoms. The first-order valence-electron chi connectivity index (χ1n) is 9.83. The van der Waals surface area contributed by atoms with Gasteiger partial charge in [-0.3, -0.25) is 4.79 Å². The van der Waals surface area contributed by atoms with E-state index in [1.807, 2.05) is 29.2 Å². The Labute approximate surface area is 176 Å².